The van der Waals surface area contributed by atoms with Crippen molar-refractivity contribution in [3.8, 4) is 0 Å². The first-order valence-electron chi connectivity index (χ1n) is 8.35. The van der Waals surface area contributed by atoms with E-state index in [1.54, 1.807) is 0 Å². The highest BCUT2D eigenvalue weighted by atomic mass is 32.2. The van der Waals surface area contributed by atoms with Crippen LogP contribution >= 0.6 is 0 Å². The second-order valence-corrected chi connectivity index (χ2v) is 8.59. The van der Waals surface area contributed by atoms with Gasteiger partial charge in [0, 0.05) is 38.1 Å². The molecule has 0 aromatic heterocycles. The predicted molar refractivity (Wildman–Crippen MR) is 87.0 cm³/mol. The lowest BCUT2D eigenvalue weighted by Crippen LogP contribution is -2.45. The summed E-state index contributed by atoms with van der Waals surface area (Å²) in [5.41, 5.74) is 0. The van der Waals surface area contributed by atoms with Gasteiger partial charge in [-0.25, -0.2) is 12.7 Å². The van der Waals surface area contributed by atoms with Crippen molar-refractivity contribution in [1.29, 1.82) is 0 Å². The van der Waals surface area contributed by atoms with Crippen LogP contribution in [0.25, 0.3) is 0 Å². The molecular weight excluding hydrogens is 302 g/mol. The van der Waals surface area contributed by atoms with Crippen molar-refractivity contribution < 1.29 is 13.2 Å². The summed E-state index contributed by atoms with van der Waals surface area (Å²) in [6.07, 6.45) is 6.29. The van der Waals surface area contributed by atoms with Crippen molar-refractivity contribution in [2.24, 2.45) is 5.92 Å². The van der Waals surface area contributed by atoms with Gasteiger partial charge in [-0.1, -0.05) is 6.42 Å². The number of carbonyl (C=O) groups excluding carboxylic acids is 1. The van der Waals surface area contributed by atoms with Crippen LogP contribution in [0.4, 0.5) is 0 Å². The van der Waals surface area contributed by atoms with Crippen molar-refractivity contribution in [1.82, 2.24) is 14.5 Å². The van der Waals surface area contributed by atoms with Crippen LogP contribution < -0.4 is 5.32 Å². The molecule has 128 valence electrons. The van der Waals surface area contributed by atoms with E-state index in [0.717, 1.165) is 13.1 Å². The molecule has 7 heteroatoms. The SMILES string of the molecule is CC1CCCCN1CCNC(=O)C1CCN(S(C)(=O)=O)CC1. The van der Waals surface area contributed by atoms with E-state index in [0.29, 0.717) is 38.5 Å². The second kappa shape index (κ2) is 7.75. The summed E-state index contributed by atoms with van der Waals surface area (Å²) in [5, 5.41) is 3.03. The molecule has 0 spiro atoms. The van der Waals surface area contributed by atoms with Gasteiger partial charge < -0.3 is 5.32 Å². The first-order chi connectivity index (χ1) is 10.4. The molecule has 0 radical (unpaired) electrons. The molecule has 2 rings (SSSR count). The first kappa shape index (κ1) is 17.7. The molecule has 0 saturated carbocycles. The summed E-state index contributed by atoms with van der Waals surface area (Å²) in [5.74, 6) is 0.0367. The van der Waals surface area contributed by atoms with E-state index in [-0.39, 0.29) is 11.8 Å². The Morgan fingerprint density at radius 3 is 2.41 bits per heavy atom. The van der Waals surface area contributed by atoms with E-state index in [9.17, 15) is 13.2 Å². The highest BCUT2D eigenvalue weighted by Gasteiger charge is 2.28. The molecule has 1 unspecified atom stereocenters. The van der Waals surface area contributed by atoms with Gasteiger partial charge in [0.1, 0.15) is 0 Å². The molecule has 2 aliphatic rings. The highest BCUT2D eigenvalue weighted by Crippen LogP contribution is 2.19. The molecule has 2 aliphatic heterocycles. The first-order valence-corrected chi connectivity index (χ1v) is 10.2. The summed E-state index contributed by atoms with van der Waals surface area (Å²) >= 11 is 0. The molecule has 0 aliphatic carbocycles. The second-order valence-electron chi connectivity index (χ2n) is 6.61. The number of likely N-dealkylation sites (tertiary alicyclic amines) is 1. The predicted octanol–water partition coefficient (Wildman–Crippen LogP) is 0.649. The number of hydrogen-bond acceptors (Lipinski definition) is 4. The van der Waals surface area contributed by atoms with Gasteiger partial charge in [-0.15, -0.1) is 0 Å². The number of amides is 1. The Balaban J connectivity index is 1.68. The third-order valence-corrected chi connectivity index (χ3v) is 6.24. The number of carbonyl (C=O) groups is 1. The van der Waals surface area contributed by atoms with E-state index in [2.05, 4.69) is 17.1 Å². The van der Waals surface area contributed by atoms with Gasteiger partial charge in [-0.3, -0.25) is 9.69 Å². The standard InChI is InChI=1S/C15H29N3O3S/c1-13-5-3-4-9-17(13)12-8-16-15(19)14-6-10-18(11-7-14)22(2,20)21/h13-14H,3-12H2,1-2H3,(H,16,19). The fourth-order valence-corrected chi connectivity index (χ4v) is 4.28. The molecule has 2 heterocycles. The van der Waals surface area contributed by atoms with Crippen molar-refractivity contribution in [3.05, 3.63) is 0 Å². The Hall–Kier alpha value is -0.660. The maximum atomic E-state index is 12.2. The smallest absolute Gasteiger partial charge is 0.223 e. The molecule has 1 N–H and O–H groups in total. The van der Waals surface area contributed by atoms with Gasteiger partial charge in [-0.2, -0.15) is 0 Å². The lowest BCUT2D eigenvalue weighted by atomic mass is 9.97. The maximum absolute atomic E-state index is 12.2. The minimum absolute atomic E-state index is 0.0446. The van der Waals surface area contributed by atoms with Crippen molar-refractivity contribution >= 4 is 15.9 Å². The lowest BCUT2D eigenvalue weighted by molar-refractivity contribution is -0.126. The van der Waals surface area contributed by atoms with Crippen LogP contribution in [0.5, 0.6) is 0 Å². The van der Waals surface area contributed by atoms with Crippen molar-refractivity contribution in [2.75, 3.05) is 39.0 Å². The third-order valence-electron chi connectivity index (χ3n) is 4.93. The van der Waals surface area contributed by atoms with Gasteiger partial charge in [-0.05, 0) is 39.2 Å². The zero-order chi connectivity index (χ0) is 16.2. The van der Waals surface area contributed by atoms with Crippen LogP contribution in [-0.2, 0) is 14.8 Å². The summed E-state index contributed by atoms with van der Waals surface area (Å²) in [6, 6.07) is 0.614. The Morgan fingerprint density at radius 1 is 1.14 bits per heavy atom. The number of nitrogens with one attached hydrogen (secondary N) is 1. The van der Waals surface area contributed by atoms with E-state index < -0.39 is 10.0 Å². The average Bonchev–Trinajstić information content (AvgIpc) is 2.48. The normalized spacial score (nSPS) is 26.0. The molecule has 22 heavy (non-hydrogen) atoms. The van der Waals surface area contributed by atoms with Crippen LogP contribution in [-0.4, -0.2) is 68.6 Å². The molecule has 0 bridgehead atoms. The van der Waals surface area contributed by atoms with E-state index in [1.807, 2.05) is 0 Å². The number of hydrogen-bond donors (Lipinski definition) is 1. The van der Waals surface area contributed by atoms with Crippen LogP contribution in [0.2, 0.25) is 0 Å². The van der Waals surface area contributed by atoms with Crippen LogP contribution in [0.3, 0.4) is 0 Å². The number of rotatable bonds is 5. The topological polar surface area (TPSA) is 69.7 Å². The Labute approximate surface area is 134 Å². The van der Waals surface area contributed by atoms with E-state index >= 15 is 0 Å². The van der Waals surface area contributed by atoms with Crippen LogP contribution in [0.1, 0.15) is 39.0 Å². The Morgan fingerprint density at radius 2 is 1.82 bits per heavy atom. The lowest BCUT2D eigenvalue weighted by Gasteiger charge is -2.33. The molecule has 6 nitrogen and oxygen atoms in total. The maximum Gasteiger partial charge on any atom is 0.223 e. The number of nitrogens with zero attached hydrogens (tertiary/aromatic N) is 2. The zero-order valence-corrected chi connectivity index (χ0v) is 14.6. The van der Waals surface area contributed by atoms with Gasteiger partial charge in [0.2, 0.25) is 15.9 Å². The quantitative estimate of drug-likeness (QED) is 0.803. The van der Waals surface area contributed by atoms with Gasteiger partial charge in [0.05, 0.1) is 6.26 Å². The third kappa shape index (κ3) is 4.93. The molecule has 0 aromatic rings. The summed E-state index contributed by atoms with van der Waals surface area (Å²) in [6.45, 7) is 5.90. The van der Waals surface area contributed by atoms with Crippen LogP contribution in [0.15, 0.2) is 0 Å². The van der Waals surface area contributed by atoms with Crippen molar-refractivity contribution in [2.45, 2.75) is 45.1 Å². The number of sulfonamides is 1. The molecule has 2 fully saturated rings. The Bertz CT molecular complexity index is 472. The fraction of sp³-hybridized carbons (Fsp3) is 0.933. The largest absolute Gasteiger partial charge is 0.355 e. The fourth-order valence-electron chi connectivity index (χ4n) is 3.41. The van der Waals surface area contributed by atoms with E-state index in [1.165, 1.54) is 29.8 Å². The number of piperidine rings is 2. The van der Waals surface area contributed by atoms with Crippen molar-refractivity contribution in [3.63, 3.8) is 0 Å². The summed E-state index contributed by atoms with van der Waals surface area (Å²) in [4.78, 5) is 14.6. The van der Waals surface area contributed by atoms with Crippen LogP contribution in [0, 0.1) is 5.92 Å². The average molecular weight is 331 g/mol. The molecule has 0 aromatic carbocycles. The Kier molecular flexibility index (Phi) is 6.23. The molecule has 1 atom stereocenters. The van der Waals surface area contributed by atoms with Gasteiger partial charge in [0.15, 0.2) is 0 Å². The zero-order valence-electron chi connectivity index (χ0n) is 13.8. The van der Waals surface area contributed by atoms with Gasteiger partial charge >= 0.3 is 0 Å². The summed E-state index contributed by atoms with van der Waals surface area (Å²) in [7, 11) is -3.12. The minimum atomic E-state index is -3.12. The highest BCUT2D eigenvalue weighted by molar-refractivity contribution is 7.88. The molecule has 2 saturated heterocycles. The summed E-state index contributed by atoms with van der Waals surface area (Å²) < 4.78 is 24.4. The molecular formula is C15H29N3O3S. The van der Waals surface area contributed by atoms with Gasteiger partial charge in [0.25, 0.3) is 0 Å². The molecule has 1 amide bonds. The monoisotopic (exact) mass is 331 g/mol. The minimum Gasteiger partial charge on any atom is -0.355 e. The van der Waals surface area contributed by atoms with E-state index in [4.69, 9.17) is 0 Å².